The molecule has 24 heteroatoms. The monoisotopic (exact) mass is 1070 g/mol. The van der Waals surface area contributed by atoms with Crippen molar-refractivity contribution >= 4 is 85.8 Å². The van der Waals surface area contributed by atoms with E-state index in [-0.39, 0.29) is 55.4 Å². The number of aromatic amines is 1. The van der Waals surface area contributed by atoms with Crippen LogP contribution >= 0.6 is 21.6 Å². The molecule has 22 nitrogen and oxygen atoms in total. The van der Waals surface area contributed by atoms with Crippen LogP contribution in [0.25, 0.3) is 10.9 Å². The molecule has 2 heterocycles. The van der Waals surface area contributed by atoms with Crippen molar-refractivity contribution in [1.82, 2.24) is 42.2 Å². The number of unbranched alkanes of at least 4 members (excludes halogenated alkanes) is 1. The number of carbonyl (C=O) groups is 9. The number of fused-ring (bicyclic) bond motifs is 1. The third-order valence-electron chi connectivity index (χ3n) is 13.0. The highest BCUT2D eigenvalue weighted by Crippen LogP contribution is 2.29. The van der Waals surface area contributed by atoms with Crippen molar-refractivity contribution in [3.05, 3.63) is 65.9 Å². The van der Waals surface area contributed by atoms with Crippen LogP contribution < -0.4 is 48.7 Å². The fraction of sp³-hybridized carbons (Fsp3) is 0.540. The van der Waals surface area contributed by atoms with E-state index in [1.54, 1.807) is 20.0 Å². The minimum atomic E-state index is -1.57. The maximum absolute atomic E-state index is 14.8. The molecule has 74 heavy (non-hydrogen) atoms. The number of phenols is 1. The van der Waals surface area contributed by atoms with Crippen LogP contribution in [-0.4, -0.2) is 140 Å². The summed E-state index contributed by atoms with van der Waals surface area (Å²) in [5, 5.41) is 49.1. The maximum Gasteiger partial charge on any atom is 0.326 e. The largest absolute Gasteiger partial charge is 0.508 e. The molecule has 0 unspecified atom stereocenters. The zero-order valence-corrected chi connectivity index (χ0v) is 43.2. The number of para-hydroxylation sites is 1. The summed E-state index contributed by atoms with van der Waals surface area (Å²) in [6.45, 7) is 3.43. The van der Waals surface area contributed by atoms with Crippen molar-refractivity contribution in [2.24, 2.45) is 23.3 Å². The molecule has 1 saturated heterocycles. The van der Waals surface area contributed by atoms with E-state index in [4.69, 9.17) is 11.5 Å². The van der Waals surface area contributed by atoms with E-state index in [2.05, 4.69) is 42.2 Å². The van der Waals surface area contributed by atoms with Gasteiger partial charge in [0.2, 0.25) is 41.4 Å². The van der Waals surface area contributed by atoms with E-state index in [9.17, 15) is 58.5 Å². The number of aliphatic carboxylic acids is 2. The van der Waals surface area contributed by atoms with Crippen molar-refractivity contribution in [2.75, 3.05) is 18.1 Å². The van der Waals surface area contributed by atoms with Gasteiger partial charge in [-0.1, -0.05) is 97.9 Å². The Morgan fingerprint density at radius 1 is 0.743 bits per heavy atom. The molecule has 0 radical (unpaired) electrons. The Labute approximate surface area is 437 Å². The van der Waals surface area contributed by atoms with E-state index in [0.29, 0.717) is 24.0 Å². The Morgan fingerprint density at radius 2 is 1.35 bits per heavy atom. The van der Waals surface area contributed by atoms with Gasteiger partial charge in [-0.25, -0.2) is 4.79 Å². The smallest absolute Gasteiger partial charge is 0.326 e. The summed E-state index contributed by atoms with van der Waals surface area (Å²) >= 11 is 0. The predicted molar refractivity (Wildman–Crippen MR) is 279 cm³/mol. The summed E-state index contributed by atoms with van der Waals surface area (Å²) < 4.78 is 0. The first-order valence-corrected chi connectivity index (χ1v) is 27.4. The van der Waals surface area contributed by atoms with E-state index in [1.807, 2.05) is 24.3 Å². The molecule has 2 aliphatic rings. The number of nitrogens with one attached hydrogen (secondary N) is 8. The highest BCUT2D eigenvalue weighted by Gasteiger charge is 2.37. The van der Waals surface area contributed by atoms with Crippen molar-refractivity contribution in [3.8, 4) is 5.75 Å². The molecule has 0 spiro atoms. The average molecular weight is 1070 g/mol. The van der Waals surface area contributed by atoms with Gasteiger partial charge in [0.15, 0.2) is 0 Å². The number of aromatic nitrogens is 1. The predicted octanol–water partition coefficient (Wildman–Crippen LogP) is 1.09. The van der Waals surface area contributed by atoms with Gasteiger partial charge in [0.1, 0.15) is 48.0 Å². The van der Waals surface area contributed by atoms with Crippen LogP contribution in [0.3, 0.4) is 0 Å². The van der Waals surface area contributed by atoms with Crippen LogP contribution in [0.4, 0.5) is 0 Å². The number of phenolic OH excluding ortho intramolecular Hbond substituents is 1. The van der Waals surface area contributed by atoms with Crippen LogP contribution in [0.1, 0.15) is 89.2 Å². The zero-order valence-electron chi connectivity index (χ0n) is 41.6. The lowest BCUT2D eigenvalue weighted by molar-refractivity contribution is -0.143. The second-order valence-corrected chi connectivity index (χ2v) is 21.7. The SMILES string of the molecule is CC(C)[C@H](NC(=O)[C@@H]1CSSC[C@H](NC(=O)[C@@H](N)CC(=O)O)C(=O)N[C@@H](CC2CCCCC2)C(=O)N[C@@H](Cc2c[nH]c3ccccc23)C(=O)N[C@@H](CCCCN)C(=O)N[C@@H](Cc2ccc(O)cc2)C(=O)N1)C(=O)O. The van der Waals surface area contributed by atoms with Crippen molar-refractivity contribution in [2.45, 2.75) is 139 Å². The summed E-state index contributed by atoms with van der Waals surface area (Å²) in [6.07, 6.45) is 6.02. The highest BCUT2D eigenvalue weighted by atomic mass is 33.1. The van der Waals surface area contributed by atoms with E-state index < -0.39 is 114 Å². The fourth-order valence-corrected chi connectivity index (χ4v) is 11.2. The molecule has 0 bridgehead atoms. The number of aromatic hydroxyl groups is 1. The lowest BCUT2D eigenvalue weighted by atomic mass is 9.84. The number of carbonyl (C=O) groups excluding carboxylic acids is 7. The van der Waals surface area contributed by atoms with Crippen LogP contribution in [0.2, 0.25) is 0 Å². The van der Waals surface area contributed by atoms with Crippen LogP contribution in [0, 0.1) is 11.8 Å². The molecule has 2 fully saturated rings. The third-order valence-corrected chi connectivity index (χ3v) is 15.5. The second-order valence-electron chi connectivity index (χ2n) is 19.2. The standard InChI is InChI=1S/C50H70N10O12S2/c1-27(2)42(50(71)72)60-49(70)40-26-74-73-25-39(58-43(64)33(52)23-41(62)63)48(69)56-36(20-28-10-4-3-5-11-28)45(66)57-38(22-30-24-53-34-13-7-6-12-32(30)34)47(68)54-35(14-8-9-19-51)44(65)55-37(46(67)59-40)21-29-15-17-31(61)18-16-29/h6-7,12-13,15-18,24,27-28,33,35-40,42,53,61H,3-5,8-11,14,19-23,25-26,51-52H2,1-2H3,(H,54,68)(H,55,65)(H,56,69)(H,57,66)(H,58,64)(H,59,67)(H,60,70)(H,62,63)(H,71,72)/t33-,35-,36-,37-,38-,39-,40-,42-/m0/s1. The minimum absolute atomic E-state index is 0.00643. The van der Waals surface area contributed by atoms with Gasteiger partial charge in [-0.2, -0.15) is 0 Å². The molecular formula is C50H70N10O12S2. The summed E-state index contributed by atoms with van der Waals surface area (Å²) in [6, 6.07) is 1.97. The molecule has 404 valence electrons. The Hall–Kier alpha value is -6.37. The molecule has 1 aromatic heterocycles. The molecule has 1 aliphatic carbocycles. The molecule has 2 aromatic carbocycles. The number of benzene rings is 2. The third kappa shape index (κ3) is 17.9. The number of hydrogen-bond acceptors (Lipinski definition) is 14. The molecule has 5 rings (SSSR count). The summed E-state index contributed by atoms with van der Waals surface area (Å²) in [4.78, 5) is 127. The van der Waals surface area contributed by atoms with Crippen molar-refractivity contribution < 1.29 is 58.5 Å². The zero-order chi connectivity index (χ0) is 53.9. The number of amides is 7. The van der Waals surface area contributed by atoms with Crippen LogP contribution in [-0.2, 0) is 56.0 Å². The van der Waals surface area contributed by atoms with Gasteiger partial charge < -0.3 is 69.0 Å². The number of hydrogen-bond donors (Lipinski definition) is 13. The van der Waals surface area contributed by atoms with Gasteiger partial charge in [0.25, 0.3) is 0 Å². The molecule has 15 N–H and O–H groups in total. The van der Waals surface area contributed by atoms with Gasteiger partial charge in [-0.3, -0.25) is 38.4 Å². The average Bonchev–Trinajstić information content (AvgIpc) is 3.77. The topological polar surface area (TPSA) is 366 Å². The van der Waals surface area contributed by atoms with E-state index in [1.165, 1.54) is 24.3 Å². The first-order valence-electron chi connectivity index (χ1n) is 24.9. The normalized spacial score (nSPS) is 23.0. The minimum Gasteiger partial charge on any atom is -0.508 e. The van der Waals surface area contributed by atoms with Gasteiger partial charge in [0, 0.05) is 41.4 Å². The Morgan fingerprint density at radius 3 is 2.01 bits per heavy atom. The number of carboxylic acid groups (broad SMARTS) is 2. The number of H-pyrrole nitrogens is 1. The van der Waals surface area contributed by atoms with Crippen LogP contribution in [0.15, 0.2) is 54.7 Å². The number of carboxylic acids is 2. The molecule has 8 atom stereocenters. The van der Waals surface area contributed by atoms with Gasteiger partial charge in [-0.15, -0.1) is 0 Å². The van der Waals surface area contributed by atoms with Crippen molar-refractivity contribution in [3.63, 3.8) is 0 Å². The van der Waals surface area contributed by atoms with Gasteiger partial charge in [-0.05, 0) is 73.4 Å². The van der Waals surface area contributed by atoms with Gasteiger partial charge in [0.05, 0.1) is 12.5 Å². The van der Waals surface area contributed by atoms with Gasteiger partial charge >= 0.3 is 11.9 Å². The number of rotatable bonds is 18. The first kappa shape index (κ1) is 58.5. The Kier molecular flexibility index (Phi) is 22.9. The maximum atomic E-state index is 14.8. The van der Waals surface area contributed by atoms with E-state index >= 15 is 0 Å². The summed E-state index contributed by atoms with van der Waals surface area (Å²) in [7, 11) is 1.94. The van der Waals surface area contributed by atoms with Crippen LogP contribution in [0.5, 0.6) is 5.75 Å². The van der Waals surface area contributed by atoms with E-state index in [0.717, 1.165) is 64.6 Å². The molecule has 3 aromatic rings. The number of nitrogens with two attached hydrogens (primary N) is 2. The Bertz CT molecular complexity index is 2440. The molecule has 7 amide bonds. The fourth-order valence-electron chi connectivity index (χ4n) is 8.84. The first-order chi connectivity index (χ1) is 35.3. The van der Waals surface area contributed by atoms with Crippen molar-refractivity contribution in [1.29, 1.82) is 0 Å². The highest BCUT2D eigenvalue weighted by molar-refractivity contribution is 8.76. The summed E-state index contributed by atoms with van der Waals surface area (Å²) in [5.41, 5.74) is 13.7. The quantitative estimate of drug-likeness (QED) is 0.0626. The Balaban J connectivity index is 1.60. The molecule has 1 saturated carbocycles. The second kappa shape index (κ2) is 28.9. The molecule has 1 aliphatic heterocycles. The lowest BCUT2D eigenvalue weighted by Crippen LogP contribution is -2.61. The lowest BCUT2D eigenvalue weighted by Gasteiger charge is -2.30. The molecular weight excluding hydrogens is 997 g/mol. The summed E-state index contributed by atoms with van der Waals surface area (Å²) in [5.74, 6) is -9.72.